The molecule has 4 heteroatoms. The topological polar surface area (TPSA) is 39.7 Å². The van der Waals surface area contributed by atoms with Crippen LogP contribution in [0.4, 0.5) is 0 Å². The Balaban J connectivity index is 1.96. The van der Waals surface area contributed by atoms with Crippen LogP contribution < -0.4 is 5.32 Å². The average molecular weight is 203 g/mol. The number of rotatable bonds is 6. The standard InChI is InChI=1S/C10H21NO3/c1-9(7-12-2)5-11-6-10-8-13-3-4-14-10/h9-11H,3-8H2,1-2H3. The molecule has 0 bridgehead atoms. The Kier molecular flexibility index (Phi) is 6.10. The van der Waals surface area contributed by atoms with Crippen LogP contribution in [-0.4, -0.2) is 52.7 Å². The maximum Gasteiger partial charge on any atom is 0.0933 e. The highest BCUT2D eigenvalue weighted by atomic mass is 16.6. The first kappa shape index (κ1) is 11.9. The van der Waals surface area contributed by atoms with Crippen LogP contribution in [0.15, 0.2) is 0 Å². The molecule has 2 unspecified atom stereocenters. The third-order valence-electron chi connectivity index (χ3n) is 2.20. The van der Waals surface area contributed by atoms with Crippen molar-refractivity contribution in [3.05, 3.63) is 0 Å². The van der Waals surface area contributed by atoms with Gasteiger partial charge in [-0.25, -0.2) is 0 Å². The van der Waals surface area contributed by atoms with E-state index in [9.17, 15) is 0 Å². The third kappa shape index (κ3) is 4.91. The van der Waals surface area contributed by atoms with Gasteiger partial charge >= 0.3 is 0 Å². The molecule has 1 saturated heterocycles. The van der Waals surface area contributed by atoms with Crippen LogP contribution >= 0.6 is 0 Å². The molecule has 0 amide bonds. The minimum Gasteiger partial charge on any atom is -0.384 e. The van der Waals surface area contributed by atoms with Gasteiger partial charge < -0.3 is 19.5 Å². The molecular weight excluding hydrogens is 182 g/mol. The van der Waals surface area contributed by atoms with E-state index >= 15 is 0 Å². The maximum absolute atomic E-state index is 5.50. The van der Waals surface area contributed by atoms with Gasteiger partial charge in [-0.1, -0.05) is 6.92 Å². The Labute approximate surface area is 85.9 Å². The van der Waals surface area contributed by atoms with Crippen LogP contribution in [0.25, 0.3) is 0 Å². The minimum atomic E-state index is 0.221. The molecule has 0 aromatic heterocycles. The molecule has 1 N–H and O–H groups in total. The van der Waals surface area contributed by atoms with Crippen LogP contribution in [0.2, 0.25) is 0 Å². The second kappa shape index (κ2) is 7.17. The molecule has 4 nitrogen and oxygen atoms in total. The zero-order valence-corrected chi connectivity index (χ0v) is 9.12. The lowest BCUT2D eigenvalue weighted by molar-refractivity contribution is -0.0865. The molecule has 0 aromatic rings. The normalized spacial score (nSPS) is 24.9. The molecule has 1 fully saturated rings. The van der Waals surface area contributed by atoms with E-state index in [2.05, 4.69) is 12.2 Å². The Morgan fingerprint density at radius 1 is 1.50 bits per heavy atom. The van der Waals surface area contributed by atoms with E-state index in [4.69, 9.17) is 14.2 Å². The van der Waals surface area contributed by atoms with Crippen LogP contribution in [0.1, 0.15) is 6.92 Å². The van der Waals surface area contributed by atoms with Gasteiger partial charge in [-0.15, -0.1) is 0 Å². The van der Waals surface area contributed by atoms with Crippen LogP contribution in [0, 0.1) is 5.92 Å². The molecule has 1 rings (SSSR count). The first-order chi connectivity index (χ1) is 6.83. The van der Waals surface area contributed by atoms with Crippen molar-refractivity contribution < 1.29 is 14.2 Å². The summed E-state index contributed by atoms with van der Waals surface area (Å²) in [6.07, 6.45) is 0.221. The Morgan fingerprint density at radius 3 is 3.00 bits per heavy atom. The lowest BCUT2D eigenvalue weighted by Gasteiger charge is -2.23. The fourth-order valence-corrected chi connectivity index (χ4v) is 1.49. The lowest BCUT2D eigenvalue weighted by Crippen LogP contribution is -2.39. The summed E-state index contributed by atoms with van der Waals surface area (Å²) in [5.74, 6) is 0.546. The summed E-state index contributed by atoms with van der Waals surface area (Å²) in [6, 6.07) is 0. The smallest absolute Gasteiger partial charge is 0.0933 e. The molecule has 0 aromatic carbocycles. The Hall–Kier alpha value is -0.160. The minimum absolute atomic E-state index is 0.221. The summed E-state index contributed by atoms with van der Waals surface area (Å²) in [6.45, 7) is 6.97. The van der Waals surface area contributed by atoms with Crippen molar-refractivity contribution in [2.24, 2.45) is 5.92 Å². The lowest BCUT2D eigenvalue weighted by atomic mass is 10.2. The van der Waals surface area contributed by atoms with E-state index in [-0.39, 0.29) is 6.10 Å². The largest absolute Gasteiger partial charge is 0.384 e. The van der Waals surface area contributed by atoms with Crippen LogP contribution in [-0.2, 0) is 14.2 Å². The number of hydrogen-bond donors (Lipinski definition) is 1. The quantitative estimate of drug-likeness (QED) is 0.673. The predicted molar refractivity (Wildman–Crippen MR) is 54.5 cm³/mol. The van der Waals surface area contributed by atoms with Crippen molar-refractivity contribution >= 4 is 0 Å². The maximum atomic E-state index is 5.50. The summed E-state index contributed by atoms with van der Waals surface area (Å²) in [7, 11) is 1.73. The third-order valence-corrected chi connectivity index (χ3v) is 2.20. The molecular formula is C10H21NO3. The number of nitrogens with one attached hydrogen (secondary N) is 1. The van der Waals surface area contributed by atoms with Crippen molar-refractivity contribution in [1.82, 2.24) is 5.32 Å². The molecule has 14 heavy (non-hydrogen) atoms. The summed E-state index contributed by atoms with van der Waals surface area (Å²) in [5.41, 5.74) is 0. The summed E-state index contributed by atoms with van der Waals surface area (Å²) in [5, 5.41) is 3.35. The van der Waals surface area contributed by atoms with E-state index in [0.717, 1.165) is 32.9 Å². The zero-order chi connectivity index (χ0) is 10.2. The highest BCUT2D eigenvalue weighted by Crippen LogP contribution is 1.99. The molecule has 0 aliphatic carbocycles. The van der Waals surface area contributed by atoms with Crippen molar-refractivity contribution in [2.75, 3.05) is 46.6 Å². The SMILES string of the molecule is COCC(C)CNCC1COCCO1. The number of methoxy groups -OCH3 is 1. The van der Waals surface area contributed by atoms with E-state index in [1.807, 2.05) is 0 Å². The summed E-state index contributed by atoms with van der Waals surface area (Å²) < 4.78 is 15.8. The monoisotopic (exact) mass is 203 g/mol. The highest BCUT2D eigenvalue weighted by Gasteiger charge is 2.13. The Bertz CT molecular complexity index is 137. The summed E-state index contributed by atoms with van der Waals surface area (Å²) in [4.78, 5) is 0. The van der Waals surface area contributed by atoms with Crippen molar-refractivity contribution in [2.45, 2.75) is 13.0 Å². The molecule has 2 atom stereocenters. The molecule has 1 aliphatic rings. The Morgan fingerprint density at radius 2 is 2.36 bits per heavy atom. The number of ether oxygens (including phenoxy) is 3. The molecule has 84 valence electrons. The molecule has 0 saturated carbocycles. The van der Waals surface area contributed by atoms with Gasteiger partial charge in [-0.2, -0.15) is 0 Å². The van der Waals surface area contributed by atoms with Gasteiger partial charge in [0.2, 0.25) is 0 Å². The second-order valence-electron chi connectivity index (χ2n) is 3.79. The predicted octanol–water partition coefficient (Wildman–Crippen LogP) is 0.274. The van der Waals surface area contributed by atoms with Gasteiger partial charge in [-0.05, 0) is 12.5 Å². The fourth-order valence-electron chi connectivity index (χ4n) is 1.49. The van der Waals surface area contributed by atoms with E-state index in [1.165, 1.54) is 0 Å². The van der Waals surface area contributed by atoms with Crippen LogP contribution in [0.5, 0.6) is 0 Å². The number of hydrogen-bond acceptors (Lipinski definition) is 4. The first-order valence-electron chi connectivity index (χ1n) is 5.22. The average Bonchev–Trinajstić information content (AvgIpc) is 2.20. The molecule has 1 heterocycles. The van der Waals surface area contributed by atoms with Crippen molar-refractivity contribution in [3.63, 3.8) is 0 Å². The van der Waals surface area contributed by atoms with Gasteiger partial charge in [0, 0.05) is 20.3 Å². The van der Waals surface area contributed by atoms with Gasteiger partial charge in [0.15, 0.2) is 0 Å². The fraction of sp³-hybridized carbons (Fsp3) is 1.00. The van der Waals surface area contributed by atoms with Gasteiger partial charge in [0.25, 0.3) is 0 Å². The van der Waals surface area contributed by atoms with E-state index in [1.54, 1.807) is 7.11 Å². The van der Waals surface area contributed by atoms with Crippen molar-refractivity contribution in [3.8, 4) is 0 Å². The van der Waals surface area contributed by atoms with E-state index < -0.39 is 0 Å². The van der Waals surface area contributed by atoms with Gasteiger partial charge in [0.05, 0.1) is 25.9 Å². The van der Waals surface area contributed by atoms with Crippen LogP contribution in [0.3, 0.4) is 0 Å². The molecule has 0 radical (unpaired) electrons. The zero-order valence-electron chi connectivity index (χ0n) is 9.12. The van der Waals surface area contributed by atoms with Gasteiger partial charge in [0.1, 0.15) is 0 Å². The van der Waals surface area contributed by atoms with Crippen molar-refractivity contribution in [1.29, 1.82) is 0 Å². The van der Waals surface area contributed by atoms with Gasteiger partial charge in [-0.3, -0.25) is 0 Å². The molecule has 1 aliphatic heterocycles. The second-order valence-corrected chi connectivity index (χ2v) is 3.79. The highest BCUT2D eigenvalue weighted by molar-refractivity contribution is 4.65. The summed E-state index contributed by atoms with van der Waals surface area (Å²) >= 11 is 0. The molecule has 0 spiro atoms. The van der Waals surface area contributed by atoms with E-state index in [0.29, 0.717) is 12.5 Å². The first-order valence-corrected chi connectivity index (χ1v) is 5.22.